The van der Waals surface area contributed by atoms with Crippen LogP contribution in [0.3, 0.4) is 0 Å². The third-order valence-corrected chi connectivity index (χ3v) is 3.96. The molecule has 2 heterocycles. The van der Waals surface area contributed by atoms with Crippen molar-refractivity contribution in [2.45, 2.75) is 0 Å². The minimum Gasteiger partial charge on any atom is -0.384 e. The smallest absolute Gasteiger partial charge is 0.262 e. The van der Waals surface area contributed by atoms with Crippen molar-refractivity contribution >= 4 is 33.6 Å². The molecular weight excluding hydrogens is 371 g/mol. The molecule has 0 radical (unpaired) electrons. The van der Waals surface area contributed by atoms with Gasteiger partial charge >= 0.3 is 0 Å². The number of amides is 2. The monoisotopic (exact) mass is 376 g/mol. The fraction of sp³-hybridized carbons (Fsp3) is 0. The summed E-state index contributed by atoms with van der Waals surface area (Å²) in [5.74, 6) is -2.45. The van der Waals surface area contributed by atoms with Crippen LogP contribution in [-0.4, -0.2) is 16.4 Å². The van der Waals surface area contributed by atoms with E-state index in [0.717, 1.165) is 16.7 Å². The Labute approximate surface area is 136 Å². The predicted molar refractivity (Wildman–Crippen MR) is 80.6 cm³/mol. The normalized spacial score (nSPS) is 12.7. The molecule has 0 aliphatic carbocycles. The molecule has 23 heavy (non-hydrogen) atoms. The van der Waals surface area contributed by atoms with Gasteiger partial charge in [-0.15, -0.1) is 0 Å². The van der Waals surface area contributed by atoms with Crippen molar-refractivity contribution in [3.63, 3.8) is 0 Å². The molecule has 0 unspecified atom stereocenters. The number of imide groups is 1. The summed E-state index contributed by atoms with van der Waals surface area (Å²) in [6.07, 6.45) is 0. The summed E-state index contributed by atoms with van der Waals surface area (Å²) in [6, 6.07) is 4.84. The standard InChI is InChI=1S/C14H6BrFN4O3/c15-7-3-9(5(4-17)1-8(7)16)20-10(21)2-6-11(12(20)18)14(23)19-13(6)22/h1-3H,18H2,(H,19,22,23). The first-order valence-electron chi connectivity index (χ1n) is 6.16. The number of anilines is 1. The molecule has 1 aromatic carbocycles. The highest BCUT2D eigenvalue weighted by Crippen LogP contribution is 2.27. The number of benzene rings is 1. The van der Waals surface area contributed by atoms with Gasteiger partial charge in [0.25, 0.3) is 17.4 Å². The molecule has 0 spiro atoms. The lowest BCUT2D eigenvalue weighted by Gasteiger charge is -2.13. The van der Waals surface area contributed by atoms with Crippen molar-refractivity contribution in [1.82, 2.24) is 9.88 Å². The Balaban J connectivity index is 2.41. The Kier molecular flexibility index (Phi) is 3.26. The van der Waals surface area contributed by atoms with E-state index >= 15 is 0 Å². The molecule has 114 valence electrons. The molecule has 3 N–H and O–H groups in total. The zero-order valence-corrected chi connectivity index (χ0v) is 12.8. The Morgan fingerprint density at radius 1 is 1.22 bits per heavy atom. The van der Waals surface area contributed by atoms with Gasteiger partial charge in [-0.25, -0.2) is 4.39 Å². The van der Waals surface area contributed by atoms with Crippen molar-refractivity contribution in [2.75, 3.05) is 5.73 Å². The predicted octanol–water partition coefficient (Wildman–Crippen LogP) is 1.08. The minimum atomic E-state index is -0.740. The third-order valence-electron chi connectivity index (χ3n) is 3.35. The largest absolute Gasteiger partial charge is 0.384 e. The summed E-state index contributed by atoms with van der Waals surface area (Å²) in [4.78, 5) is 35.7. The van der Waals surface area contributed by atoms with Gasteiger partial charge < -0.3 is 5.73 Å². The first kappa shape index (κ1) is 14.9. The fourth-order valence-corrected chi connectivity index (χ4v) is 2.67. The number of rotatable bonds is 1. The number of carbonyl (C=O) groups excluding carboxylic acids is 2. The zero-order chi connectivity index (χ0) is 16.9. The van der Waals surface area contributed by atoms with Gasteiger partial charge in [0.1, 0.15) is 17.7 Å². The summed E-state index contributed by atoms with van der Waals surface area (Å²) in [5.41, 5.74) is 4.71. The Morgan fingerprint density at radius 2 is 1.91 bits per heavy atom. The van der Waals surface area contributed by atoms with Crippen LogP contribution in [0, 0.1) is 17.1 Å². The van der Waals surface area contributed by atoms with Gasteiger partial charge in [-0.2, -0.15) is 5.26 Å². The van der Waals surface area contributed by atoms with E-state index in [1.165, 1.54) is 6.07 Å². The maximum Gasteiger partial charge on any atom is 0.262 e. The maximum atomic E-state index is 13.6. The van der Waals surface area contributed by atoms with E-state index in [2.05, 4.69) is 15.9 Å². The van der Waals surface area contributed by atoms with Crippen LogP contribution in [0.2, 0.25) is 0 Å². The number of fused-ring (bicyclic) bond motifs is 1. The Bertz CT molecular complexity index is 1010. The molecule has 2 aromatic rings. The molecule has 0 saturated carbocycles. The number of nitriles is 1. The van der Waals surface area contributed by atoms with Crippen molar-refractivity contribution in [3.05, 3.63) is 55.5 Å². The number of halogens is 2. The summed E-state index contributed by atoms with van der Waals surface area (Å²) in [6.45, 7) is 0. The molecule has 1 aromatic heterocycles. The van der Waals surface area contributed by atoms with Gasteiger partial charge in [0.2, 0.25) is 0 Å². The molecule has 2 amide bonds. The first-order valence-corrected chi connectivity index (χ1v) is 6.95. The number of hydrogen-bond acceptors (Lipinski definition) is 5. The van der Waals surface area contributed by atoms with Crippen molar-refractivity contribution in [1.29, 1.82) is 5.26 Å². The van der Waals surface area contributed by atoms with Gasteiger partial charge in [-0.05, 0) is 28.1 Å². The second-order valence-electron chi connectivity index (χ2n) is 4.67. The number of hydrogen-bond donors (Lipinski definition) is 2. The van der Waals surface area contributed by atoms with E-state index in [1.807, 2.05) is 5.32 Å². The number of pyridine rings is 1. The molecular formula is C14H6BrFN4O3. The number of nitrogens with two attached hydrogens (primary N) is 1. The van der Waals surface area contributed by atoms with Crippen molar-refractivity contribution in [3.8, 4) is 11.8 Å². The van der Waals surface area contributed by atoms with Crippen LogP contribution in [0.5, 0.6) is 0 Å². The topological polar surface area (TPSA) is 118 Å². The third kappa shape index (κ3) is 2.11. The molecule has 1 aliphatic rings. The zero-order valence-electron chi connectivity index (χ0n) is 11.2. The van der Waals surface area contributed by atoms with Crippen LogP contribution >= 0.6 is 15.9 Å². The number of nitrogen functional groups attached to an aromatic ring is 1. The quantitative estimate of drug-likeness (QED) is 0.721. The highest BCUT2D eigenvalue weighted by Gasteiger charge is 2.32. The SMILES string of the molecule is N#Cc1cc(F)c(Br)cc1-n1c(N)c2c(cc1=O)C(=O)NC2=O. The average Bonchev–Trinajstić information content (AvgIpc) is 2.77. The molecule has 0 fully saturated rings. The van der Waals surface area contributed by atoms with Crippen LogP contribution in [0.25, 0.3) is 5.69 Å². The lowest BCUT2D eigenvalue weighted by Crippen LogP contribution is -2.24. The average molecular weight is 377 g/mol. The maximum absolute atomic E-state index is 13.6. The highest BCUT2D eigenvalue weighted by molar-refractivity contribution is 9.10. The van der Waals surface area contributed by atoms with Crippen LogP contribution in [0.15, 0.2) is 27.5 Å². The van der Waals surface area contributed by atoms with E-state index < -0.39 is 23.2 Å². The van der Waals surface area contributed by atoms with E-state index in [9.17, 15) is 18.8 Å². The second-order valence-corrected chi connectivity index (χ2v) is 5.52. The second kappa shape index (κ2) is 5.03. The number of aromatic nitrogens is 1. The van der Waals surface area contributed by atoms with E-state index in [4.69, 9.17) is 11.0 Å². The van der Waals surface area contributed by atoms with Gasteiger partial charge in [0.05, 0.1) is 26.9 Å². The summed E-state index contributed by atoms with van der Waals surface area (Å²) in [7, 11) is 0. The van der Waals surface area contributed by atoms with Crippen LogP contribution in [-0.2, 0) is 0 Å². The van der Waals surface area contributed by atoms with Gasteiger partial charge in [0.15, 0.2) is 0 Å². The number of nitrogens with zero attached hydrogens (tertiary/aromatic N) is 2. The molecule has 9 heteroatoms. The number of carbonyl (C=O) groups is 2. The van der Waals surface area contributed by atoms with Crippen molar-refractivity contribution < 1.29 is 14.0 Å². The van der Waals surface area contributed by atoms with E-state index in [1.54, 1.807) is 6.07 Å². The van der Waals surface area contributed by atoms with Gasteiger partial charge in [-0.3, -0.25) is 24.3 Å². The van der Waals surface area contributed by atoms with Crippen LogP contribution in [0.1, 0.15) is 26.3 Å². The lowest BCUT2D eigenvalue weighted by molar-refractivity contribution is 0.0880. The summed E-state index contributed by atoms with van der Waals surface area (Å²) in [5, 5.41) is 11.2. The summed E-state index contributed by atoms with van der Waals surface area (Å²) < 4.78 is 14.5. The molecule has 0 atom stereocenters. The highest BCUT2D eigenvalue weighted by atomic mass is 79.9. The molecule has 7 nitrogen and oxygen atoms in total. The van der Waals surface area contributed by atoms with Crippen LogP contribution in [0.4, 0.5) is 10.2 Å². The number of nitrogens with one attached hydrogen (secondary N) is 1. The Hall–Kier alpha value is -2.99. The molecule has 1 aliphatic heterocycles. The van der Waals surface area contributed by atoms with E-state index in [0.29, 0.717) is 0 Å². The van der Waals surface area contributed by atoms with Crippen LogP contribution < -0.4 is 16.6 Å². The Morgan fingerprint density at radius 3 is 2.57 bits per heavy atom. The van der Waals surface area contributed by atoms with Gasteiger partial charge in [0, 0.05) is 6.07 Å². The minimum absolute atomic E-state index is 0.00164. The first-order chi connectivity index (χ1) is 10.8. The van der Waals surface area contributed by atoms with E-state index in [-0.39, 0.29) is 32.7 Å². The molecule has 0 saturated heterocycles. The fourth-order valence-electron chi connectivity index (χ4n) is 2.34. The van der Waals surface area contributed by atoms with Gasteiger partial charge in [-0.1, -0.05) is 0 Å². The lowest BCUT2D eigenvalue weighted by atomic mass is 10.1. The van der Waals surface area contributed by atoms with Crippen molar-refractivity contribution in [2.24, 2.45) is 0 Å². The summed E-state index contributed by atoms with van der Waals surface area (Å²) >= 11 is 2.97. The molecule has 0 bridgehead atoms. The molecule has 3 rings (SSSR count).